The average Bonchev–Trinajstić information content (AvgIpc) is 3.13. The second-order valence-electron chi connectivity index (χ2n) is 8.44. The lowest BCUT2D eigenvalue weighted by atomic mass is 9.87. The van der Waals surface area contributed by atoms with Gasteiger partial charge in [0, 0.05) is 11.1 Å². The summed E-state index contributed by atoms with van der Waals surface area (Å²) in [5.74, 6) is 0.915. The minimum absolute atomic E-state index is 0.0553. The lowest BCUT2D eigenvalue weighted by molar-refractivity contribution is 0.242. The molecule has 0 spiro atoms. The normalized spacial score (nSPS) is 13.8. The number of hydrogen-bond donors (Lipinski definition) is 1. The van der Waals surface area contributed by atoms with Crippen molar-refractivity contribution in [2.75, 3.05) is 0 Å². The number of fused-ring (bicyclic) bond motifs is 5. The first-order valence-corrected chi connectivity index (χ1v) is 11.5. The van der Waals surface area contributed by atoms with E-state index in [2.05, 4.69) is 74.0 Å². The number of aryl methyl sites for hydroxylation is 3. The van der Waals surface area contributed by atoms with E-state index < -0.39 is 0 Å². The first kappa shape index (κ1) is 21.0. The number of thiol groups is 1. The molecule has 0 aliphatic heterocycles. The van der Waals surface area contributed by atoms with Gasteiger partial charge in [0.15, 0.2) is 0 Å². The third-order valence-electron chi connectivity index (χ3n) is 5.66. The van der Waals surface area contributed by atoms with Crippen molar-refractivity contribution < 1.29 is 4.74 Å². The molecule has 4 nitrogen and oxygen atoms in total. The molecule has 1 unspecified atom stereocenters. The van der Waals surface area contributed by atoms with E-state index in [9.17, 15) is 0 Å². The van der Waals surface area contributed by atoms with Crippen LogP contribution in [0.1, 0.15) is 62.6 Å². The number of hydrogen-bond acceptors (Lipinski definition) is 4. The molecule has 2 aromatic carbocycles. The van der Waals surface area contributed by atoms with E-state index in [0.717, 1.165) is 42.0 Å². The number of aromatic nitrogens is 3. The summed E-state index contributed by atoms with van der Waals surface area (Å²) in [6.07, 6.45) is 5.65. The Kier molecular flexibility index (Phi) is 6.19. The van der Waals surface area contributed by atoms with E-state index in [1.807, 2.05) is 17.7 Å². The molecule has 1 aliphatic rings. The summed E-state index contributed by atoms with van der Waals surface area (Å²) in [5.41, 5.74) is 8.40. The Balaban J connectivity index is 1.87. The molecule has 3 aromatic rings. The van der Waals surface area contributed by atoms with Crippen molar-refractivity contribution in [1.82, 2.24) is 15.0 Å². The average molecular weight is 422 g/mol. The fraction of sp³-hybridized carbons (Fsp3) is 0.440. The van der Waals surface area contributed by atoms with Gasteiger partial charge in [0.2, 0.25) is 0 Å². The minimum atomic E-state index is -0.0553. The van der Waals surface area contributed by atoms with Crippen LogP contribution in [0.2, 0.25) is 0 Å². The first-order valence-electron chi connectivity index (χ1n) is 11.0. The maximum absolute atomic E-state index is 5.96. The summed E-state index contributed by atoms with van der Waals surface area (Å²) in [7, 11) is 0. The number of nitrogens with zero attached hydrogens (tertiary/aromatic N) is 3. The van der Waals surface area contributed by atoms with Crippen molar-refractivity contribution >= 4 is 12.6 Å². The summed E-state index contributed by atoms with van der Waals surface area (Å²) >= 11 is 4.67. The minimum Gasteiger partial charge on any atom is -0.491 e. The molecule has 0 radical (unpaired) electrons. The van der Waals surface area contributed by atoms with Gasteiger partial charge in [-0.05, 0) is 81.3 Å². The molecule has 1 aromatic heterocycles. The van der Waals surface area contributed by atoms with Gasteiger partial charge >= 0.3 is 0 Å². The molecule has 0 saturated carbocycles. The standard InChI is InChI=1S/C25H31N3OS/c1-5-6-7-18-8-12-23-19(14-18)9-10-20-15-21(29-16(2)3)11-13-22(20)24-25(23)28(17(4)30)27-26-24/h8,11-17,30H,5-7,9-10H2,1-4H3. The highest BCUT2D eigenvalue weighted by Gasteiger charge is 2.25. The third-order valence-corrected chi connectivity index (χ3v) is 5.88. The van der Waals surface area contributed by atoms with Crippen molar-refractivity contribution in [3.05, 3.63) is 53.1 Å². The molecule has 0 bridgehead atoms. The van der Waals surface area contributed by atoms with E-state index in [4.69, 9.17) is 4.74 Å². The molecule has 30 heavy (non-hydrogen) atoms. The maximum atomic E-state index is 5.96. The van der Waals surface area contributed by atoms with Crippen molar-refractivity contribution in [1.29, 1.82) is 0 Å². The van der Waals surface area contributed by atoms with Crippen LogP contribution in [0.3, 0.4) is 0 Å². The van der Waals surface area contributed by atoms with Crippen LogP contribution < -0.4 is 4.74 Å². The van der Waals surface area contributed by atoms with Crippen LogP contribution in [0.5, 0.6) is 5.75 Å². The molecule has 1 aliphatic carbocycles. The van der Waals surface area contributed by atoms with Gasteiger partial charge < -0.3 is 4.74 Å². The number of unbranched alkanes of at least 4 members (excludes halogenated alkanes) is 1. The van der Waals surface area contributed by atoms with Crippen molar-refractivity contribution in [2.24, 2.45) is 0 Å². The van der Waals surface area contributed by atoms with Crippen LogP contribution >= 0.6 is 12.6 Å². The molecule has 158 valence electrons. The second-order valence-corrected chi connectivity index (χ2v) is 9.19. The Bertz CT molecular complexity index is 1040. The zero-order valence-electron chi connectivity index (χ0n) is 18.4. The number of ether oxygens (including phenoxy) is 1. The van der Waals surface area contributed by atoms with Gasteiger partial charge in [0.25, 0.3) is 0 Å². The van der Waals surface area contributed by atoms with Gasteiger partial charge in [0.1, 0.15) is 11.4 Å². The zero-order valence-corrected chi connectivity index (χ0v) is 19.2. The second kappa shape index (κ2) is 8.84. The first-order chi connectivity index (χ1) is 14.5. The molecule has 0 saturated heterocycles. The van der Waals surface area contributed by atoms with Gasteiger partial charge in [-0.15, -0.1) is 5.10 Å². The number of rotatable bonds is 6. The van der Waals surface area contributed by atoms with Crippen LogP contribution in [0.4, 0.5) is 0 Å². The van der Waals surface area contributed by atoms with Crippen molar-refractivity contribution in [2.45, 2.75) is 71.3 Å². The summed E-state index contributed by atoms with van der Waals surface area (Å²) in [6, 6.07) is 13.3. The Morgan fingerprint density at radius 1 is 1.03 bits per heavy atom. The summed E-state index contributed by atoms with van der Waals surface area (Å²) in [6.45, 7) is 8.39. The monoisotopic (exact) mass is 421 g/mol. The Morgan fingerprint density at radius 3 is 2.47 bits per heavy atom. The smallest absolute Gasteiger partial charge is 0.121 e. The maximum Gasteiger partial charge on any atom is 0.121 e. The highest BCUT2D eigenvalue weighted by Crippen LogP contribution is 2.40. The zero-order chi connectivity index (χ0) is 21.3. The molecule has 0 N–H and O–H groups in total. The van der Waals surface area contributed by atoms with Gasteiger partial charge in [-0.1, -0.05) is 36.8 Å². The molecule has 4 rings (SSSR count). The number of benzene rings is 2. The Morgan fingerprint density at radius 2 is 1.77 bits per heavy atom. The highest BCUT2D eigenvalue weighted by molar-refractivity contribution is 7.80. The fourth-order valence-corrected chi connectivity index (χ4v) is 4.39. The van der Waals surface area contributed by atoms with Crippen LogP contribution in [-0.2, 0) is 19.3 Å². The van der Waals surface area contributed by atoms with E-state index in [0.29, 0.717) is 0 Å². The topological polar surface area (TPSA) is 39.9 Å². The van der Waals surface area contributed by atoms with Crippen LogP contribution in [0.25, 0.3) is 22.5 Å². The van der Waals surface area contributed by atoms with E-state index in [1.165, 1.54) is 35.1 Å². The summed E-state index contributed by atoms with van der Waals surface area (Å²) < 4.78 is 7.90. The Hall–Kier alpha value is -2.27. The lowest BCUT2D eigenvalue weighted by Crippen LogP contribution is -2.09. The Labute approximate surface area is 185 Å². The van der Waals surface area contributed by atoms with Crippen LogP contribution in [0, 0.1) is 0 Å². The van der Waals surface area contributed by atoms with Crippen molar-refractivity contribution in [3.8, 4) is 28.3 Å². The molecule has 1 heterocycles. The molecule has 5 heteroatoms. The SMILES string of the molecule is CCCCc1ccc2c(c1)CCc1cc(OC(C)C)ccc1-c1nnn(C(C)S)c1-2. The van der Waals surface area contributed by atoms with Crippen LogP contribution in [0.15, 0.2) is 36.4 Å². The predicted molar refractivity (Wildman–Crippen MR) is 126 cm³/mol. The van der Waals surface area contributed by atoms with Gasteiger partial charge in [-0.25, -0.2) is 4.68 Å². The predicted octanol–water partition coefficient (Wildman–Crippen LogP) is 6.29. The third kappa shape index (κ3) is 4.13. The van der Waals surface area contributed by atoms with E-state index in [1.54, 1.807) is 0 Å². The van der Waals surface area contributed by atoms with Crippen molar-refractivity contribution in [3.63, 3.8) is 0 Å². The molecular formula is C25H31N3OS. The largest absolute Gasteiger partial charge is 0.491 e. The van der Waals surface area contributed by atoms with Crippen LogP contribution in [-0.4, -0.2) is 21.1 Å². The summed E-state index contributed by atoms with van der Waals surface area (Å²) in [5, 5.41) is 9.03. The van der Waals surface area contributed by atoms with E-state index >= 15 is 0 Å². The van der Waals surface area contributed by atoms with Gasteiger partial charge in [-0.3, -0.25) is 0 Å². The summed E-state index contributed by atoms with van der Waals surface area (Å²) in [4.78, 5) is 0. The molecular weight excluding hydrogens is 390 g/mol. The van der Waals surface area contributed by atoms with Gasteiger partial charge in [0.05, 0.1) is 17.2 Å². The van der Waals surface area contributed by atoms with E-state index in [-0.39, 0.29) is 11.5 Å². The quantitative estimate of drug-likeness (QED) is 0.476. The lowest BCUT2D eigenvalue weighted by Gasteiger charge is -2.20. The molecule has 1 atom stereocenters. The fourth-order valence-electron chi connectivity index (χ4n) is 4.23. The highest BCUT2D eigenvalue weighted by atomic mass is 32.1. The molecule has 0 fully saturated rings. The molecule has 0 amide bonds. The van der Waals surface area contributed by atoms with Gasteiger partial charge in [-0.2, -0.15) is 12.6 Å².